The van der Waals surface area contributed by atoms with Gasteiger partial charge in [-0.2, -0.15) is 0 Å². The number of H-pyrrole nitrogens is 1. The lowest BCUT2D eigenvalue weighted by molar-refractivity contribution is 0.427. The molecule has 0 bridgehead atoms. The zero-order valence-corrected chi connectivity index (χ0v) is 17.7. The number of anilines is 2. The first-order valence-electron chi connectivity index (χ1n) is 10.7. The molecule has 4 nitrogen and oxygen atoms in total. The van der Waals surface area contributed by atoms with E-state index < -0.39 is 0 Å². The Labute approximate surface area is 173 Å². The van der Waals surface area contributed by atoms with Crippen LogP contribution in [0.1, 0.15) is 48.8 Å². The summed E-state index contributed by atoms with van der Waals surface area (Å²) in [7, 11) is 2.21. The third kappa shape index (κ3) is 4.16. The van der Waals surface area contributed by atoms with E-state index in [1.165, 1.54) is 43.4 Å². The van der Waals surface area contributed by atoms with Gasteiger partial charge >= 0.3 is 0 Å². The summed E-state index contributed by atoms with van der Waals surface area (Å²) >= 11 is 0. The number of hydrogen-bond donors (Lipinski definition) is 2. The summed E-state index contributed by atoms with van der Waals surface area (Å²) in [5.74, 6) is 0. The SMILES string of the molecule is Cc1ccc(C)c2[nH]c(=O)c(CNc3ccc(N(C)C4CCCCC4)cc3)cc12. The van der Waals surface area contributed by atoms with E-state index in [1.807, 2.05) is 13.0 Å². The maximum Gasteiger partial charge on any atom is 0.253 e. The van der Waals surface area contributed by atoms with E-state index in [-0.39, 0.29) is 5.56 Å². The number of rotatable bonds is 5. The molecule has 0 radical (unpaired) electrons. The first-order chi connectivity index (χ1) is 14.0. The summed E-state index contributed by atoms with van der Waals surface area (Å²) in [5.41, 5.74) is 6.25. The zero-order chi connectivity index (χ0) is 20.4. The maximum atomic E-state index is 12.5. The van der Waals surface area contributed by atoms with Crippen LogP contribution in [-0.4, -0.2) is 18.1 Å². The number of nitrogens with one attached hydrogen (secondary N) is 2. The molecule has 1 heterocycles. The van der Waals surface area contributed by atoms with Crippen LogP contribution in [0.5, 0.6) is 0 Å². The van der Waals surface area contributed by atoms with Crippen LogP contribution in [0.15, 0.2) is 47.3 Å². The lowest BCUT2D eigenvalue weighted by atomic mass is 9.94. The number of benzene rings is 2. The average Bonchev–Trinajstić information content (AvgIpc) is 2.76. The standard InChI is InChI=1S/C25H31N3O/c1-17-9-10-18(2)24-23(17)15-19(25(29)27-24)16-26-20-11-13-22(14-12-20)28(3)21-7-5-4-6-8-21/h9-15,21,26H,4-8,16H2,1-3H3,(H,27,29). The van der Waals surface area contributed by atoms with Crippen molar-refractivity contribution in [2.45, 2.75) is 58.5 Å². The van der Waals surface area contributed by atoms with Gasteiger partial charge in [-0.05, 0) is 68.1 Å². The Morgan fingerprint density at radius 2 is 1.69 bits per heavy atom. The monoisotopic (exact) mass is 389 g/mol. The Kier molecular flexibility index (Phi) is 5.61. The smallest absolute Gasteiger partial charge is 0.253 e. The molecular weight excluding hydrogens is 358 g/mol. The molecule has 3 aromatic rings. The van der Waals surface area contributed by atoms with Crippen molar-refractivity contribution in [1.29, 1.82) is 0 Å². The fraction of sp³-hybridized carbons (Fsp3) is 0.400. The van der Waals surface area contributed by atoms with Crippen LogP contribution in [-0.2, 0) is 6.54 Å². The highest BCUT2D eigenvalue weighted by atomic mass is 16.1. The van der Waals surface area contributed by atoms with Crippen LogP contribution in [0.4, 0.5) is 11.4 Å². The molecule has 1 aromatic heterocycles. The predicted molar refractivity (Wildman–Crippen MR) is 123 cm³/mol. The highest BCUT2D eigenvalue weighted by molar-refractivity contribution is 5.85. The topological polar surface area (TPSA) is 48.1 Å². The molecule has 0 amide bonds. The van der Waals surface area contributed by atoms with Crippen molar-refractivity contribution in [3.63, 3.8) is 0 Å². The fourth-order valence-electron chi connectivity index (χ4n) is 4.44. The molecule has 0 aliphatic heterocycles. The van der Waals surface area contributed by atoms with Gasteiger partial charge in [0.1, 0.15) is 0 Å². The van der Waals surface area contributed by atoms with Crippen molar-refractivity contribution < 1.29 is 0 Å². The minimum absolute atomic E-state index is 0.0210. The van der Waals surface area contributed by atoms with E-state index in [1.54, 1.807) is 0 Å². The summed E-state index contributed by atoms with van der Waals surface area (Å²) in [5, 5.41) is 4.52. The van der Waals surface area contributed by atoms with Gasteiger partial charge in [-0.3, -0.25) is 4.79 Å². The van der Waals surface area contributed by atoms with E-state index in [4.69, 9.17) is 0 Å². The molecule has 1 aliphatic carbocycles. The van der Waals surface area contributed by atoms with Crippen LogP contribution in [0.2, 0.25) is 0 Å². The second-order valence-corrected chi connectivity index (χ2v) is 8.41. The third-order valence-corrected chi connectivity index (χ3v) is 6.40. The van der Waals surface area contributed by atoms with E-state index in [2.05, 4.69) is 65.6 Å². The minimum atomic E-state index is -0.0210. The normalized spacial score (nSPS) is 14.9. The molecular formula is C25H31N3O. The number of aromatic nitrogens is 1. The molecule has 4 rings (SSSR count). The van der Waals surface area contributed by atoms with Gasteiger partial charge in [-0.15, -0.1) is 0 Å². The molecule has 1 fully saturated rings. The number of fused-ring (bicyclic) bond motifs is 1. The Morgan fingerprint density at radius 3 is 2.41 bits per heavy atom. The van der Waals surface area contributed by atoms with Crippen molar-refractivity contribution >= 4 is 22.3 Å². The molecule has 0 saturated heterocycles. The van der Waals surface area contributed by atoms with Crippen LogP contribution < -0.4 is 15.8 Å². The number of aryl methyl sites for hydroxylation is 2. The highest BCUT2D eigenvalue weighted by Gasteiger charge is 2.18. The van der Waals surface area contributed by atoms with Crippen LogP contribution in [0, 0.1) is 13.8 Å². The Balaban J connectivity index is 1.47. The maximum absolute atomic E-state index is 12.5. The van der Waals surface area contributed by atoms with Gasteiger partial charge in [0.15, 0.2) is 0 Å². The number of hydrogen-bond acceptors (Lipinski definition) is 3. The first kappa shape index (κ1) is 19.6. The van der Waals surface area contributed by atoms with Gasteiger partial charge < -0.3 is 15.2 Å². The zero-order valence-electron chi connectivity index (χ0n) is 17.7. The summed E-state index contributed by atoms with van der Waals surface area (Å²) in [6, 6.07) is 15.4. The predicted octanol–water partition coefficient (Wildman–Crippen LogP) is 5.53. The van der Waals surface area contributed by atoms with Gasteiger partial charge in [0, 0.05) is 42.0 Å². The van der Waals surface area contributed by atoms with Crippen LogP contribution in [0.3, 0.4) is 0 Å². The summed E-state index contributed by atoms with van der Waals surface area (Å²) in [4.78, 5) is 18.0. The van der Waals surface area contributed by atoms with Gasteiger partial charge in [0.05, 0.1) is 5.52 Å². The molecule has 29 heavy (non-hydrogen) atoms. The third-order valence-electron chi connectivity index (χ3n) is 6.40. The molecule has 1 saturated carbocycles. The largest absolute Gasteiger partial charge is 0.381 e. The van der Waals surface area contributed by atoms with Crippen molar-refractivity contribution in [3.05, 3.63) is 69.5 Å². The molecule has 2 N–H and O–H groups in total. The Morgan fingerprint density at radius 1 is 1.00 bits per heavy atom. The Bertz CT molecular complexity index is 1050. The fourth-order valence-corrected chi connectivity index (χ4v) is 4.44. The summed E-state index contributed by atoms with van der Waals surface area (Å²) < 4.78 is 0. The number of aromatic amines is 1. The average molecular weight is 390 g/mol. The lowest BCUT2D eigenvalue weighted by Crippen LogP contribution is -2.33. The van der Waals surface area contributed by atoms with E-state index in [0.717, 1.165) is 27.7 Å². The van der Waals surface area contributed by atoms with Gasteiger partial charge in [0.25, 0.3) is 5.56 Å². The van der Waals surface area contributed by atoms with E-state index in [0.29, 0.717) is 12.6 Å². The van der Waals surface area contributed by atoms with Gasteiger partial charge in [-0.1, -0.05) is 31.4 Å². The Hall–Kier alpha value is -2.75. The van der Waals surface area contributed by atoms with Crippen molar-refractivity contribution in [3.8, 4) is 0 Å². The van der Waals surface area contributed by atoms with Gasteiger partial charge in [-0.25, -0.2) is 0 Å². The quantitative estimate of drug-likeness (QED) is 0.603. The van der Waals surface area contributed by atoms with E-state index in [9.17, 15) is 4.79 Å². The van der Waals surface area contributed by atoms with E-state index >= 15 is 0 Å². The van der Waals surface area contributed by atoms with Crippen LogP contribution >= 0.6 is 0 Å². The minimum Gasteiger partial charge on any atom is -0.381 e. The van der Waals surface area contributed by atoms with Crippen molar-refractivity contribution in [1.82, 2.24) is 4.98 Å². The van der Waals surface area contributed by atoms with Crippen LogP contribution in [0.25, 0.3) is 10.9 Å². The second-order valence-electron chi connectivity index (χ2n) is 8.41. The molecule has 0 spiro atoms. The molecule has 0 unspecified atom stereocenters. The van der Waals surface area contributed by atoms with Crippen molar-refractivity contribution in [2.75, 3.05) is 17.3 Å². The van der Waals surface area contributed by atoms with Crippen molar-refractivity contribution in [2.24, 2.45) is 0 Å². The number of nitrogens with zero attached hydrogens (tertiary/aromatic N) is 1. The number of pyridine rings is 1. The second kappa shape index (κ2) is 8.32. The summed E-state index contributed by atoms with van der Waals surface area (Å²) in [6.45, 7) is 4.62. The molecule has 2 aromatic carbocycles. The summed E-state index contributed by atoms with van der Waals surface area (Å²) in [6.07, 6.45) is 6.64. The molecule has 0 atom stereocenters. The lowest BCUT2D eigenvalue weighted by Gasteiger charge is -2.33. The highest BCUT2D eigenvalue weighted by Crippen LogP contribution is 2.27. The van der Waals surface area contributed by atoms with Gasteiger partial charge in [0.2, 0.25) is 0 Å². The molecule has 1 aliphatic rings. The molecule has 4 heteroatoms. The molecule has 152 valence electrons. The first-order valence-corrected chi connectivity index (χ1v) is 10.7.